The molecule has 1 aliphatic heterocycles. The molecule has 1 heterocycles. The minimum atomic E-state index is -0.104. The molecule has 1 fully saturated rings. The van der Waals surface area contributed by atoms with Gasteiger partial charge in [0.1, 0.15) is 5.75 Å². The summed E-state index contributed by atoms with van der Waals surface area (Å²) in [6, 6.07) is 12.8. The molecule has 27 heavy (non-hydrogen) atoms. The van der Waals surface area contributed by atoms with Gasteiger partial charge < -0.3 is 10.4 Å². The van der Waals surface area contributed by atoms with Crippen molar-refractivity contribution < 1.29 is 9.90 Å². The van der Waals surface area contributed by atoms with E-state index in [9.17, 15) is 9.90 Å². The molecule has 0 atom stereocenters. The first-order valence-electron chi connectivity index (χ1n) is 8.93. The summed E-state index contributed by atoms with van der Waals surface area (Å²) in [4.78, 5) is 14.5. The molecule has 3 rings (SSSR count). The van der Waals surface area contributed by atoms with Gasteiger partial charge >= 0.3 is 0 Å². The number of carbonyl (C=O) groups excluding carboxylic acids is 1. The van der Waals surface area contributed by atoms with E-state index in [1.54, 1.807) is 30.3 Å². The molecule has 2 N–H and O–H groups in total. The van der Waals surface area contributed by atoms with Gasteiger partial charge in [-0.3, -0.25) is 9.69 Å². The first kappa shape index (κ1) is 19.7. The summed E-state index contributed by atoms with van der Waals surface area (Å²) in [6.45, 7) is 2.64. The molecule has 1 saturated heterocycles. The second-order valence-electron chi connectivity index (χ2n) is 6.74. The minimum Gasteiger partial charge on any atom is -0.508 e. The lowest BCUT2D eigenvalue weighted by Gasteiger charge is -2.32. The molecule has 6 heteroatoms. The standard InChI is InChI=1S/C21H22Cl2N2O2/c22-19-6-4-15(13-20(19)23)5-7-21(27)24-17-8-10-25(11-9-17)14-16-2-1-3-18(26)12-16/h1-7,12-13,17,26H,8-11,14H2,(H,24,27)/b7-5+. The third-order valence-electron chi connectivity index (χ3n) is 4.62. The summed E-state index contributed by atoms with van der Waals surface area (Å²) in [5.74, 6) is 0.191. The molecule has 0 bridgehead atoms. The molecular formula is C21H22Cl2N2O2. The summed E-state index contributed by atoms with van der Waals surface area (Å²) in [6.07, 6.45) is 5.07. The lowest BCUT2D eigenvalue weighted by molar-refractivity contribution is -0.117. The third kappa shape index (κ3) is 5.99. The van der Waals surface area contributed by atoms with Crippen molar-refractivity contribution in [1.82, 2.24) is 10.2 Å². The van der Waals surface area contributed by atoms with Crippen molar-refractivity contribution in [1.29, 1.82) is 0 Å². The van der Waals surface area contributed by atoms with Gasteiger partial charge in [-0.1, -0.05) is 41.4 Å². The van der Waals surface area contributed by atoms with E-state index in [-0.39, 0.29) is 11.9 Å². The molecule has 4 nitrogen and oxygen atoms in total. The van der Waals surface area contributed by atoms with Crippen LogP contribution in [-0.2, 0) is 11.3 Å². The van der Waals surface area contributed by atoms with Crippen LogP contribution in [0.25, 0.3) is 6.08 Å². The van der Waals surface area contributed by atoms with Gasteiger partial charge in [0.2, 0.25) is 5.91 Å². The van der Waals surface area contributed by atoms with E-state index < -0.39 is 0 Å². The summed E-state index contributed by atoms with van der Waals surface area (Å²) >= 11 is 11.9. The number of phenolic OH excluding ortho intramolecular Hbond substituents is 1. The number of carbonyl (C=O) groups is 1. The van der Waals surface area contributed by atoms with Crippen LogP contribution in [0.2, 0.25) is 10.0 Å². The Hall–Kier alpha value is -2.01. The maximum atomic E-state index is 12.1. The van der Waals surface area contributed by atoms with Crippen molar-refractivity contribution in [2.45, 2.75) is 25.4 Å². The van der Waals surface area contributed by atoms with Crippen LogP contribution in [0.5, 0.6) is 5.75 Å². The molecule has 0 radical (unpaired) electrons. The highest BCUT2D eigenvalue weighted by Gasteiger charge is 2.20. The topological polar surface area (TPSA) is 52.6 Å². The summed E-state index contributed by atoms with van der Waals surface area (Å²) in [7, 11) is 0. The number of halogens is 2. The number of hydrogen-bond acceptors (Lipinski definition) is 3. The third-order valence-corrected chi connectivity index (χ3v) is 5.36. The van der Waals surface area contributed by atoms with Crippen LogP contribution in [0.1, 0.15) is 24.0 Å². The van der Waals surface area contributed by atoms with Crippen molar-refractivity contribution in [3.05, 3.63) is 69.7 Å². The molecule has 1 aliphatic rings. The predicted molar refractivity (Wildman–Crippen MR) is 110 cm³/mol. The highest BCUT2D eigenvalue weighted by Crippen LogP contribution is 2.23. The number of benzene rings is 2. The average molecular weight is 405 g/mol. The lowest BCUT2D eigenvalue weighted by atomic mass is 10.0. The average Bonchev–Trinajstić information content (AvgIpc) is 2.64. The van der Waals surface area contributed by atoms with Gasteiger partial charge in [0.15, 0.2) is 0 Å². The van der Waals surface area contributed by atoms with E-state index in [0.29, 0.717) is 15.8 Å². The number of likely N-dealkylation sites (tertiary alicyclic amines) is 1. The number of nitrogens with one attached hydrogen (secondary N) is 1. The molecule has 1 amide bonds. The minimum absolute atomic E-state index is 0.104. The zero-order valence-corrected chi connectivity index (χ0v) is 16.4. The molecule has 0 saturated carbocycles. The van der Waals surface area contributed by atoms with Crippen LogP contribution in [0, 0.1) is 0 Å². The van der Waals surface area contributed by atoms with Gasteiger partial charge in [-0.05, 0) is 54.3 Å². The lowest BCUT2D eigenvalue weighted by Crippen LogP contribution is -2.43. The van der Waals surface area contributed by atoms with E-state index in [2.05, 4.69) is 10.2 Å². The van der Waals surface area contributed by atoms with E-state index in [0.717, 1.165) is 43.6 Å². The predicted octanol–water partition coefficient (Wildman–Crippen LogP) is 4.49. The van der Waals surface area contributed by atoms with Crippen LogP contribution >= 0.6 is 23.2 Å². The maximum Gasteiger partial charge on any atom is 0.244 e. The summed E-state index contributed by atoms with van der Waals surface area (Å²) in [5.41, 5.74) is 1.93. The number of hydrogen-bond donors (Lipinski definition) is 2. The monoisotopic (exact) mass is 404 g/mol. The van der Waals surface area contributed by atoms with Crippen molar-refractivity contribution in [2.24, 2.45) is 0 Å². The fourth-order valence-electron chi connectivity index (χ4n) is 3.19. The highest BCUT2D eigenvalue weighted by molar-refractivity contribution is 6.42. The Kier molecular flexibility index (Phi) is 6.78. The number of aromatic hydroxyl groups is 1. The van der Waals surface area contributed by atoms with Crippen molar-refractivity contribution in [2.75, 3.05) is 13.1 Å². The van der Waals surface area contributed by atoms with Gasteiger partial charge in [-0.2, -0.15) is 0 Å². The zero-order chi connectivity index (χ0) is 19.2. The summed E-state index contributed by atoms with van der Waals surface area (Å²) < 4.78 is 0. The highest BCUT2D eigenvalue weighted by atomic mass is 35.5. The van der Waals surface area contributed by atoms with Crippen molar-refractivity contribution in [3.8, 4) is 5.75 Å². The van der Waals surface area contributed by atoms with E-state index in [1.807, 2.05) is 18.2 Å². The Morgan fingerprint density at radius 1 is 1.15 bits per heavy atom. The van der Waals surface area contributed by atoms with E-state index >= 15 is 0 Å². The normalized spacial score (nSPS) is 15.9. The number of amides is 1. The van der Waals surface area contributed by atoms with Crippen LogP contribution in [-0.4, -0.2) is 35.0 Å². The van der Waals surface area contributed by atoms with Crippen LogP contribution in [0.3, 0.4) is 0 Å². The first-order chi connectivity index (χ1) is 13.0. The zero-order valence-electron chi connectivity index (χ0n) is 14.9. The van der Waals surface area contributed by atoms with Gasteiger partial charge in [-0.25, -0.2) is 0 Å². The molecule has 0 aliphatic carbocycles. The van der Waals surface area contributed by atoms with Gasteiger partial charge in [0, 0.05) is 31.8 Å². The van der Waals surface area contributed by atoms with Crippen molar-refractivity contribution >= 4 is 35.2 Å². The Morgan fingerprint density at radius 3 is 2.63 bits per heavy atom. The maximum absolute atomic E-state index is 12.1. The number of piperidine rings is 1. The number of phenols is 1. The quantitative estimate of drug-likeness (QED) is 0.721. The molecule has 2 aromatic rings. The SMILES string of the molecule is O=C(/C=C/c1ccc(Cl)c(Cl)c1)NC1CCN(Cc2cccc(O)c2)CC1. The second-order valence-corrected chi connectivity index (χ2v) is 7.55. The molecule has 0 spiro atoms. The van der Waals surface area contributed by atoms with Crippen LogP contribution in [0.15, 0.2) is 48.5 Å². The Labute approximate surface area is 169 Å². The first-order valence-corrected chi connectivity index (χ1v) is 9.69. The fourth-order valence-corrected chi connectivity index (χ4v) is 3.49. The van der Waals surface area contributed by atoms with Crippen LogP contribution < -0.4 is 5.32 Å². The molecule has 142 valence electrons. The fraction of sp³-hybridized carbons (Fsp3) is 0.286. The van der Waals surface area contributed by atoms with E-state index in [4.69, 9.17) is 23.2 Å². The Balaban J connectivity index is 1.45. The number of rotatable bonds is 5. The van der Waals surface area contributed by atoms with Crippen LogP contribution in [0.4, 0.5) is 0 Å². The molecule has 2 aromatic carbocycles. The smallest absolute Gasteiger partial charge is 0.244 e. The van der Waals surface area contributed by atoms with Gasteiger partial charge in [0.05, 0.1) is 10.0 Å². The van der Waals surface area contributed by atoms with E-state index in [1.165, 1.54) is 6.08 Å². The van der Waals surface area contributed by atoms with Gasteiger partial charge in [0.25, 0.3) is 0 Å². The largest absolute Gasteiger partial charge is 0.508 e. The second kappa shape index (κ2) is 9.27. The molecule has 0 aromatic heterocycles. The van der Waals surface area contributed by atoms with Gasteiger partial charge in [-0.15, -0.1) is 0 Å². The van der Waals surface area contributed by atoms with Crippen molar-refractivity contribution in [3.63, 3.8) is 0 Å². The molecule has 0 unspecified atom stereocenters. The Bertz CT molecular complexity index is 831. The molecular weight excluding hydrogens is 383 g/mol. The number of nitrogens with zero attached hydrogens (tertiary/aromatic N) is 1. The summed E-state index contributed by atoms with van der Waals surface area (Å²) in [5, 5.41) is 13.6. The Morgan fingerprint density at radius 2 is 1.93 bits per heavy atom.